The topological polar surface area (TPSA) is 78.9 Å². The molecule has 0 bridgehead atoms. The highest BCUT2D eigenvalue weighted by molar-refractivity contribution is 5.71. The van der Waals surface area contributed by atoms with Gasteiger partial charge >= 0.3 is 17.9 Å². The molecule has 0 aromatic rings. The van der Waals surface area contributed by atoms with Crippen molar-refractivity contribution >= 4 is 17.9 Å². The van der Waals surface area contributed by atoms with Crippen LogP contribution in [0.5, 0.6) is 0 Å². The lowest BCUT2D eigenvalue weighted by molar-refractivity contribution is -0.167. The fourth-order valence-corrected chi connectivity index (χ4v) is 7.34. The van der Waals surface area contributed by atoms with Crippen LogP contribution in [0.1, 0.15) is 226 Å². The summed E-state index contributed by atoms with van der Waals surface area (Å²) in [5, 5.41) is 0. The SMILES string of the molecule is CC/C=C\C/C=C\C/C=C\C/C=C\C/C=C\C/C=C\C/C=C\C/C=C\CCCCC(=O)OCC(COC(=O)CCCCCCCCCCC)OC(=O)CCCC/C=C\C/C=C\C/C=C\C/C=C\C/C=C\C/C=C\CC. The Hall–Kier alpha value is -5.23. The summed E-state index contributed by atoms with van der Waals surface area (Å²) in [5.74, 6) is -1.02. The number of unbranched alkanes of at least 4 members (excludes halogenated alkanes) is 12. The molecule has 6 nitrogen and oxygen atoms in total. The molecule has 0 amide bonds. The molecule has 0 saturated heterocycles. The standard InChI is InChI=1S/C69H106O6/c1-4-7-10-13-16-19-21-23-25-27-29-31-32-33-34-35-36-38-39-41-43-45-47-50-53-56-59-62-68(71)74-65-66(64-73-67(70)61-58-55-52-49-18-15-12-9-6-3)75-69(72)63-60-57-54-51-48-46-44-42-40-37-30-28-26-24-22-20-17-14-11-8-5-2/h7-8,10-11,16-17,19-20,23-26,29-31,33-34,36-38,41-44,47-48,50-51,66H,4-6,9,12-15,18,21-22,27-28,32,35,39-40,45-46,49,52-65H2,1-3H3/b10-7-,11-8-,19-16-,20-17-,25-23-,26-24-,31-29-,34-33-,37-30-,38-36-,43-41-,44-42-,50-47-,51-48-. The molecule has 6 heteroatoms. The molecule has 418 valence electrons. The van der Waals surface area contributed by atoms with Crippen molar-refractivity contribution in [1.82, 2.24) is 0 Å². The second-order valence-electron chi connectivity index (χ2n) is 18.8. The van der Waals surface area contributed by atoms with Gasteiger partial charge in [-0.05, 0) is 135 Å². The molecule has 0 radical (unpaired) electrons. The van der Waals surface area contributed by atoms with Crippen molar-refractivity contribution in [2.45, 2.75) is 232 Å². The molecule has 0 spiro atoms. The van der Waals surface area contributed by atoms with Crippen molar-refractivity contribution < 1.29 is 28.6 Å². The summed E-state index contributed by atoms with van der Waals surface area (Å²) >= 11 is 0. The van der Waals surface area contributed by atoms with Gasteiger partial charge in [0.05, 0.1) is 0 Å². The van der Waals surface area contributed by atoms with Crippen molar-refractivity contribution in [2.75, 3.05) is 13.2 Å². The summed E-state index contributed by atoms with van der Waals surface area (Å²) in [5.41, 5.74) is 0. The summed E-state index contributed by atoms with van der Waals surface area (Å²) in [4.78, 5) is 38.1. The Morgan fingerprint density at radius 1 is 0.280 bits per heavy atom. The van der Waals surface area contributed by atoms with Crippen LogP contribution >= 0.6 is 0 Å². The zero-order valence-electron chi connectivity index (χ0n) is 47.7. The first-order valence-corrected chi connectivity index (χ1v) is 29.6. The van der Waals surface area contributed by atoms with E-state index in [1.165, 1.54) is 38.5 Å². The summed E-state index contributed by atoms with van der Waals surface area (Å²) in [7, 11) is 0. The van der Waals surface area contributed by atoms with Crippen molar-refractivity contribution in [3.63, 3.8) is 0 Å². The smallest absolute Gasteiger partial charge is 0.306 e. The molecule has 0 aliphatic rings. The summed E-state index contributed by atoms with van der Waals surface area (Å²) in [6.45, 7) is 6.30. The molecule has 0 aromatic heterocycles. The third kappa shape index (κ3) is 59.5. The van der Waals surface area contributed by atoms with Gasteiger partial charge in [0.1, 0.15) is 13.2 Å². The van der Waals surface area contributed by atoms with Gasteiger partial charge < -0.3 is 14.2 Å². The number of esters is 3. The number of carbonyl (C=O) groups is 3. The second kappa shape index (κ2) is 61.3. The molecule has 0 heterocycles. The largest absolute Gasteiger partial charge is 0.462 e. The average Bonchev–Trinajstić information content (AvgIpc) is 3.41. The maximum absolute atomic E-state index is 12.8. The van der Waals surface area contributed by atoms with Gasteiger partial charge in [-0.3, -0.25) is 14.4 Å². The number of hydrogen-bond donors (Lipinski definition) is 0. The van der Waals surface area contributed by atoms with Gasteiger partial charge in [0.25, 0.3) is 0 Å². The highest BCUT2D eigenvalue weighted by atomic mass is 16.6. The quantitative estimate of drug-likeness (QED) is 0.0261. The lowest BCUT2D eigenvalue weighted by atomic mass is 10.1. The minimum Gasteiger partial charge on any atom is -0.462 e. The van der Waals surface area contributed by atoms with Crippen LogP contribution < -0.4 is 0 Å². The van der Waals surface area contributed by atoms with Crippen LogP contribution in [-0.4, -0.2) is 37.2 Å². The van der Waals surface area contributed by atoms with Crippen LogP contribution in [-0.2, 0) is 28.6 Å². The monoisotopic (exact) mass is 1030 g/mol. The first-order valence-electron chi connectivity index (χ1n) is 29.6. The molecule has 1 unspecified atom stereocenters. The fourth-order valence-electron chi connectivity index (χ4n) is 7.34. The zero-order chi connectivity index (χ0) is 54.3. The van der Waals surface area contributed by atoms with Crippen LogP contribution in [0.25, 0.3) is 0 Å². The van der Waals surface area contributed by atoms with Gasteiger partial charge in [0, 0.05) is 19.3 Å². The molecular formula is C69H106O6. The lowest BCUT2D eigenvalue weighted by Gasteiger charge is -2.18. The van der Waals surface area contributed by atoms with Crippen LogP contribution in [0.4, 0.5) is 0 Å². The normalized spacial score (nSPS) is 13.4. The van der Waals surface area contributed by atoms with Gasteiger partial charge in [-0.15, -0.1) is 0 Å². The van der Waals surface area contributed by atoms with E-state index in [9.17, 15) is 14.4 Å². The van der Waals surface area contributed by atoms with Gasteiger partial charge in [0.15, 0.2) is 6.10 Å². The van der Waals surface area contributed by atoms with E-state index in [1.54, 1.807) is 0 Å². The third-order valence-corrected chi connectivity index (χ3v) is 11.7. The minimum atomic E-state index is -0.827. The second-order valence-corrected chi connectivity index (χ2v) is 18.8. The van der Waals surface area contributed by atoms with E-state index in [0.717, 1.165) is 135 Å². The van der Waals surface area contributed by atoms with E-state index in [4.69, 9.17) is 14.2 Å². The Balaban J connectivity index is 4.47. The lowest BCUT2D eigenvalue weighted by Crippen LogP contribution is -2.30. The fraction of sp³-hybridized carbons (Fsp3) is 0.551. The van der Waals surface area contributed by atoms with E-state index in [1.807, 2.05) is 0 Å². The molecular weight excluding hydrogens is 925 g/mol. The van der Waals surface area contributed by atoms with Crippen LogP contribution in [0.3, 0.4) is 0 Å². The van der Waals surface area contributed by atoms with Gasteiger partial charge in [-0.25, -0.2) is 0 Å². The van der Waals surface area contributed by atoms with E-state index >= 15 is 0 Å². The zero-order valence-corrected chi connectivity index (χ0v) is 47.7. The molecule has 0 N–H and O–H groups in total. The molecule has 0 fully saturated rings. The van der Waals surface area contributed by atoms with Crippen LogP contribution in [0.15, 0.2) is 170 Å². The molecule has 0 aliphatic carbocycles. The summed E-state index contributed by atoms with van der Waals surface area (Å²) in [6, 6.07) is 0. The number of ether oxygens (including phenoxy) is 3. The highest BCUT2D eigenvalue weighted by Crippen LogP contribution is 2.13. The molecule has 75 heavy (non-hydrogen) atoms. The Kier molecular flexibility index (Phi) is 57.0. The third-order valence-electron chi connectivity index (χ3n) is 11.7. The minimum absolute atomic E-state index is 0.117. The maximum atomic E-state index is 12.8. The van der Waals surface area contributed by atoms with Crippen molar-refractivity contribution in [1.29, 1.82) is 0 Å². The molecule has 0 aromatic carbocycles. The van der Waals surface area contributed by atoms with Crippen LogP contribution in [0.2, 0.25) is 0 Å². The van der Waals surface area contributed by atoms with Crippen molar-refractivity contribution in [3.05, 3.63) is 170 Å². The Labute approximate surface area is 460 Å². The number of carbonyl (C=O) groups excluding carboxylic acids is 3. The van der Waals surface area contributed by atoms with E-state index in [-0.39, 0.29) is 44.0 Å². The highest BCUT2D eigenvalue weighted by Gasteiger charge is 2.19. The molecule has 0 rings (SSSR count). The Bertz CT molecular complexity index is 1750. The predicted molar refractivity (Wildman–Crippen MR) is 325 cm³/mol. The van der Waals surface area contributed by atoms with Gasteiger partial charge in [-0.1, -0.05) is 242 Å². The van der Waals surface area contributed by atoms with E-state index in [0.29, 0.717) is 19.3 Å². The molecule has 0 aliphatic heterocycles. The first-order chi connectivity index (χ1) is 37.0. The van der Waals surface area contributed by atoms with Gasteiger partial charge in [0.2, 0.25) is 0 Å². The van der Waals surface area contributed by atoms with E-state index in [2.05, 4.69) is 191 Å². The summed E-state index contributed by atoms with van der Waals surface area (Å²) < 4.78 is 16.7. The van der Waals surface area contributed by atoms with Gasteiger partial charge in [-0.2, -0.15) is 0 Å². The summed E-state index contributed by atoms with van der Waals surface area (Å²) in [6.07, 6.45) is 90.7. The first kappa shape index (κ1) is 69.8. The van der Waals surface area contributed by atoms with Crippen LogP contribution in [0, 0.1) is 0 Å². The van der Waals surface area contributed by atoms with E-state index < -0.39 is 6.10 Å². The number of hydrogen-bond acceptors (Lipinski definition) is 6. The Morgan fingerprint density at radius 2 is 0.520 bits per heavy atom. The maximum Gasteiger partial charge on any atom is 0.306 e. The molecule has 1 atom stereocenters. The van der Waals surface area contributed by atoms with Crippen molar-refractivity contribution in [2.24, 2.45) is 0 Å². The van der Waals surface area contributed by atoms with Crippen molar-refractivity contribution in [3.8, 4) is 0 Å². The predicted octanol–water partition coefficient (Wildman–Crippen LogP) is 20.3. The average molecular weight is 1030 g/mol. The number of allylic oxidation sites excluding steroid dienone is 28. The Morgan fingerprint density at radius 3 is 0.813 bits per heavy atom. The number of rotatable bonds is 51. The molecule has 0 saturated carbocycles.